The lowest BCUT2D eigenvalue weighted by molar-refractivity contribution is 0.103. The van der Waals surface area contributed by atoms with Crippen molar-refractivity contribution in [3.63, 3.8) is 0 Å². The largest absolute Gasteiger partial charge is 0.288 e. The van der Waals surface area contributed by atoms with Crippen molar-refractivity contribution < 1.29 is 13.6 Å². The van der Waals surface area contributed by atoms with Crippen molar-refractivity contribution in [2.45, 2.75) is 6.92 Å². The molecule has 0 amide bonds. The van der Waals surface area contributed by atoms with Gasteiger partial charge in [0.1, 0.15) is 11.6 Å². The molecule has 0 atom stereocenters. The van der Waals surface area contributed by atoms with Gasteiger partial charge in [0.2, 0.25) is 5.78 Å². The van der Waals surface area contributed by atoms with Crippen molar-refractivity contribution in [1.82, 2.24) is 4.98 Å². The highest BCUT2D eigenvalue weighted by atomic mass is 35.5. The number of halogens is 3. The number of nitrogens with zero attached hydrogens (tertiary/aromatic N) is 1. The molecule has 1 aromatic heterocycles. The standard InChI is InChI=1S/C13H8ClF2NO/c1-7-2-3-10(15)11(12(7)16)13(18)8-4-5-17-6-9(8)14/h2-6H,1H3. The maximum atomic E-state index is 13.8. The van der Waals surface area contributed by atoms with Gasteiger partial charge in [-0.1, -0.05) is 17.7 Å². The van der Waals surface area contributed by atoms with Crippen molar-refractivity contribution in [3.05, 3.63) is 63.9 Å². The average Bonchev–Trinajstić information content (AvgIpc) is 2.35. The molecule has 0 radical (unpaired) electrons. The summed E-state index contributed by atoms with van der Waals surface area (Å²) in [5.74, 6) is -2.56. The molecule has 0 N–H and O–H groups in total. The van der Waals surface area contributed by atoms with Crippen LogP contribution in [0.1, 0.15) is 21.5 Å². The fourth-order valence-electron chi connectivity index (χ4n) is 1.56. The van der Waals surface area contributed by atoms with Crippen LogP contribution in [0.25, 0.3) is 0 Å². The highest BCUT2D eigenvalue weighted by Gasteiger charge is 2.22. The van der Waals surface area contributed by atoms with E-state index in [0.29, 0.717) is 0 Å². The van der Waals surface area contributed by atoms with Crippen molar-refractivity contribution in [2.24, 2.45) is 0 Å². The van der Waals surface area contributed by atoms with Crippen LogP contribution in [0.15, 0.2) is 30.6 Å². The van der Waals surface area contributed by atoms with Gasteiger partial charge >= 0.3 is 0 Å². The van der Waals surface area contributed by atoms with Crippen LogP contribution in [-0.4, -0.2) is 10.8 Å². The van der Waals surface area contributed by atoms with Gasteiger partial charge in [-0.05, 0) is 24.6 Å². The zero-order valence-corrected chi connectivity index (χ0v) is 10.1. The fourth-order valence-corrected chi connectivity index (χ4v) is 1.76. The van der Waals surface area contributed by atoms with Crippen LogP contribution < -0.4 is 0 Å². The molecule has 0 aliphatic rings. The van der Waals surface area contributed by atoms with Crippen LogP contribution in [0.5, 0.6) is 0 Å². The number of pyridine rings is 1. The maximum Gasteiger partial charge on any atom is 0.200 e. The molecule has 0 saturated heterocycles. The number of aromatic nitrogens is 1. The predicted molar refractivity (Wildman–Crippen MR) is 63.8 cm³/mol. The quantitative estimate of drug-likeness (QED) is 0.779. The Labute approximate surface area is 107 Å². The molecule has 0 spiro atoms. The first-order valence-electron chi connectivity index (χ1n) is 5.11. The minimum absolute atomic E-state index is 0.0232. The summed E-state index contributed by atoms with van der Waals surface area (Å²) in [6, 6.07) is 3.65. The van der Waals surface area contributed by atoms with Crippen LogP contribution in [0.3, 0.4) is 0 Å². The lowest BCUT2D eigenvalue weighted by Crippen LogP contribution is -2.09. The van der Waals surface area contributed by atoms with Gasteiger partial charge in [0.05, 0.1) is 10.6 Å². The van der Waals surface area contributed by atoms with Gasteiger partial charge in [0.15, 0.2) is 0 Å². The van der Waals surface area contributed by atoms with E-state index in [2.05, 4.69) is 4.98 Å². The Bertz CT molecular complexity index is 628. The minimum atomic E-state index is -0.907. The zero-order valence-electron chi connectivity index (χ0n) is 9.38. The summed E-state index contributed by atoms with van der Waals surface area (Å²) < 4.78 is 27.4. The first-order chi connectivity index (χ1) is 8.52. The molecule has 0 fully saturated rings. The summed E-state index contributed by atoms with van der Waals surface area (Å²) in [7, 11) is 0. The normalized spacial score (nSPS) is 10.4. The molecule has 5 heteroatoms. The van der Waals surface area contributed by atoms with E-state index in [0.717, 1.165) is 6.07 Å². The van der Waals surface area contributed by atoms with E-state index in [-0.39, 0.29) is 16.1 Å². The van der Waals surface area contributed by atoms with E-state index < -0.39 is 23.0 Å². The van der Waals surface area contributed by atoms with E-state index in [1.807, 2.05) is 0 Å². The van der Waals surface area contributed by atoms with Crippen LogP contribution >= 0.6 is 11.6 Å². The van der Waals surface area contributed by atoms with Crippen LogP contribution in [0.2, 0.25) is 5.02 Å². The Morgan fingerprint density at radius 3 is 2.67 bits per heavy atom. The SMILES string of the molecule is Cc1ccc(F)c(C(=O)c2ccncc2Cl)c1F. The maximum absolute atomic E-state index is 13.8. The van der Waals surface area contributed by atoms with E-state index >= 15 is 0 Å². The monoisotopic (exact) mass is 267 g/mol. The number of carbonyl (C=O) groups is 1. The van der Waals surface area contributed by atoms with Gasteiger partial charge in [-0.15, -0.1) is 0 Å². The molecule has 18 heavy (non-hydrogen) atoms. The van der Waals surface area contributed by atoms with Crippen molar-refractivity contribution in [3.8, 4) is 0 Å². The molecule has 92 valence electrons. The van der Waals surface area contributed by atoms with Gasteiger partial charge in [-0.25, -0.2) is 8.78 Å². The van der Waals surface area contributed by atoms with Gasteiger partial charge in [-0.2, -0.15) is 0 Å². The average molecular weight is 268 g/mol. The number of hydrogen-bond donors (Lipinski definition) is 0. The van der Waals surface area contributed by atoms with Gasteiger partial charge < -0.3 is 0 Å². The summed E-state index contributed by atoms with van der Waals surface area (Å²) >= 11 is 5.79. The number of rotatable bonds is 2. The first-order valence-corrected chi connectivity index (χ1v) is 5.49. The highest BCUT2D eigenvalue weighted by molar-refractivity contribution is 6.34. The Balaban J connectivity index is 2.61. The van der Waals surface area contributed by atoms with E-state index in [1.54, 1.807) is 0 Å². The molecule has 0 aliphatic heterocycles. The number of carbonyl (C=O) groups excluding carboxylic acids is 1. The third-order valence-corrected chi connectivity index (χ3v) is 2.83. The highest BCUT2D eigenvalue weighted by Crippen LogP contribution is 2.23. The van der Waals surface area contributed by atoms with Crippen molar-refractivity contribution >= 4 is 17.4 Å². The van der Waals surface area contributed by atoms with Gasteiger partial charge in [0, 0.05) is 18.0 Å². The van der Waals surface area contributed by atoms with E-state index in [4.69, 9.17) is 11.6 Å². The molecule has 1 heterocycles. The van der Waals surface area contributed by atoms with Crippen molar-refractivity contribution in [2.75, 3.05) is 0 Å². The summed E-state index contributed by atoms with van der Waals surface area (Å²) in [5, 5.41) is 0.0582. The number of benzene rings is 1. The molecule has 2 aromatic rings. The predicted octanol–water partition coefficient (Wildman–Crippen LogP) is 3.55. The van der Waals surface area contributed by atoms with Crippen molar-refractivity contribution in [1.29, 1.82) is 0 Å². The van der Waals surface area contributed by atoms with Gasteiger partial charge in [-0.3, -0.25) is 9.78 Å². The third-order valence-electron chi connectivity index (χ3n) is 2.53. The molecular formula is C13H8ClF2NO. The lowest BCUT2D eigenvalue weighted by Gasteiger charge is -2.07. The first kappa shape index (κ1) is 12.6. The van der Waals surface area contributed by atoms with E-state index in [9.17, 15) is 13.6 Å². The Morgan fingerprint density at radius 2 is 2.00 bits per heavy atom. The summed E-state index contributed by atoms with van der Waals surface area (Å²) in [6.45, 7) is 1.46. The molecule has 0 bridgehead atoms. The van der Waals surface area contributed by atoms with Crippen LogP contribution in [0, 0.1) is 18.6 Å². The molecular weight excluding hydrogens is 260 g/mol. The second-order valence-electron chi connectivity index (χ2n) is 3.74. The molecule has 2 nitrogen and oxygen atoms in total. The number of ketones is 1. The van der Waals surface area contributed by atoms with Gasteiger partial charge in [0.25, 0.3) is 0 Å². The molecule has 2 rings (SSSR count). The second-order valence-corrected chi connectivity index (χ2v) is 4.15. The summed E-state index contributed by atoms with van der Waals surface area (Å²) in [4.78, 5) is 15.8. The molecule has 0 aliphatic carbocycles. The number of aryl methyl sites for hydroxylation is 1. The fraction of sp³-hybridized carbons (Fsp3) is 0.0769. The Morgan fingerprint density at radius 1 is 1.28 bits per heavy atom. The molecule has 0 unspecified atom stereocenters. The topological polar surface area (TPSA) is 30.0 Å². The smallest absolute Gasteiger partial charge is 0.200 e. The number of hydrogen-bond acceptors (Lipinski definition) is 2. The third kappa shape index (κ3) is 2.11. The molecule has 0 saturated carbocycles. The molecule has 1 aromatic carbocycles. The Hall–Kier alpha value is -1.81. The van der Waals surface area contributed by atoms with Crippen LogP contribution in [-0.2, 0) is 0 Å². The summed E-state index contributed by atoms with van der Waals surface area (Å²) in [6.07, 6.45) is 2.59. The minimum Gasteiger partial charge on any atom is -0.288 e. The second kappa shape index (κ2) is 4.82. The summed E-state index contributed by atoms with van der Waals surface area (Å²) in [5.41, 5.74) is -0.372. The van der Waals surface area contributed by atoms with E-state index in [1.165, 1.54) is 31.5 Å². The zero-order chi connectivity index (χ0) is 13.3. The lowest BCUT2D eigenvalue weighted by atomic mass is 10.0. The Kier molecular flexibility index (Phi) is 3.39. The van der Waals surface area contributed by atoms with Crippen LogP contribution in [0.4, 0.5) is 8.78 Å².